The standard InChI is InChI=1S/C30H21F4N5O4/c1-28(13-36)15-43-26-21(28)10-23(39-25(26)17-3-5-20(31)6-4-17)29(41,30(32,33)34)14-38-27(40)19-8-18-7-16(11-35)12-37-24(18)22(9-19)42-2/h3-10,12,41H,14-15H2,1-2H3,(H,38,40). The van der Waals surface area contributed by atoms with Gasteiger partial charge in [-0.3, -0.25) is 9.78 Å². The lowest BCUT2D eigenvalue weighted by Gasteiger charge is -2.31. The maximum absolute atomic E-state index is 14.6. The monoisotopic (exact) mass is 591 g/mol. The minimum atomic E-state index is -5.35. The largest absolute Gasteiger partial charge is 0.494 e. The molecule has 1 aliphatic rings. The third-order valence-corrected chi connectivity index (χ3v) is 7.19. The van der Waals surface area contributed by atoms with E-state index in [1.807, 2.05) is 12.1 Å². The zero-order valence-electron chi connectivity index (χ0n) is 22.6. The summed E-state index contributed by atoms with van der Waals surface area (Å²) in [6, 6.07) is 13.6. The molecular weight excluding hydrogens is 570 g/mol. The fourth-order valence-corrected chi connectivity index (χ4v) is 4.70. The quantitative estimate of drug-likeness (QED) is 0.308. The number of ether oxygens (including phenoxy) is 2. The summed E-state index contributed by atoms with van der Waals surface area (Å²) in [6.07, 6.45) is -4.04. The van der Waals surface area contributed by atoms with Crippen molar-refractivity contribution in [1.82, 2.24) is 15.3 Å². The Kier molecular flexibility index (Phi) is 7.16. The summed E-state index contributed by atoms with van der Waals surface area (Å²) in [5.41, 5.74) is -5.51. The number of nitrogens with one attached hydrogen (secondary N) is 1. The van der Waals surface area contributed by atoms with Crippen LogP contribution in [0.3, 0.4) is 0 Å². The van der Waals surface area contributed by atoms with Crippen LogP contribution in [-0.2, 0) is 11.0 Å². The van der Waals surface area contributed by atoms with Gasteiger partial charge in [0.2, 0.25) is 5.60 Å². The number of hydrogen-bond donors (Lipinski definition) is 2. The summed E-state index contributed by atoms with van der Waals surface area (Å²) in [5.74, 6) is -1.42. The number of rotatable bonds is 6. The molecule has 2 N–H and O–H groups in total. The number of aromatic nitrogens is 2. The van der Waals surface area contributed by atoms with Crippen molar-refractivity contribution in [1.29, 1.82) is 10.5 Å². The van der Waals surface area contributed by atoms with Crippen molar-refractivity contribution < 1.29 is 36.9 Å². The predicted octanol–water partition coefficient (Wildman–Crippen LogP) is 4.67. The molecule has 1 aliphatic heterocycles. The van der Waals surface area contributed by atoms with Crippen LogP contribution in [0.2, 0.25) is 0 Å². The molecule has 0 radical (unpaired) electrons. The second-order valence-electron chi connectivity index (χ2n) is 10.1. The van der Waals surface area contributed by atoms with Crippen LogP contribution in [-0.4, -0.2) is 47.4 Å². The van der Waals surface area contributed by atoms with E-state index in [-0.39, 0.29) is 46.1 Å². The fraction of sp³-hybridized carbons (Fsp3) is 0.233. The lowest BCUT2D eigenvalue weighted by atomic mass is 9.83. The Hall–Kier alpha value is -5.27. The molecule has 0 spiro atoms. The molecule has 2 unspecified atom stereocenters. The van der Waals surface area contributed by atoms with Crippen LogP contribution in [0.1, 0.15) is 34.1 Å². The second-order valence-corrected chi connectivity index (χ2v) is 10.1. The summed E-state index contributed by atoms with van der Waals surface area (Å²) in [4.78, 5) is 21.3. The Morgan fingerprint density at radius 2 is 1.91 bits per heavy atom. The van der Waals surface area contributed by atoms with Gasteiger partial charge >= 0.3 is 6.18 Å². The maximum Gasteiger partial charge on any atom is 0.424 e. The molecule has 0 saturated carbocycles. The Bertz CT molecular complexity index is 1850. The van der Waals surface area contributed by atoms with Crippen molar-refractivity contribution in [2.75, 3.05) is 20.3 Å². The third-order valence-electron chi connectivity index (χ3n) is 7.19. The van der Waals surface area contributed by atoms with E-state index in [4.69, 9.17) is 9.47 Å². The molecular formula is C30H21F4N5O4. The predicted molar refractivity (Wildman–Crippen MR) is 143 cm³/mol. The number of carbonyl (C=O) groups excluding carboxylic acids is 1. The molecule has 3 heterocycles. The number of carbonyl (C=O) groups is 1. The fourth-order valence-electron chi connectivity index (χ4n) is 4.70. The van der Waals surface area contributed by atoms with Crippen molar-refractivity contribution in [2.45, 2.75) is 24.1 Å². The molecule has 2 aromatic carbocycles. The molecule has 13 heteroatoms. The van der Waals surface area contributed by atoms with Gasteiger partial charge in [-0.05, 0) is 55.5 Å². The smallest absolute Gasteiger partial charge is 0.424 e. The van der Waals surface area contributed by atoms with Crippen molar-refractivity contribution in [3.05, 3.63) is 82.9 Å². The molecule has 0 saturated heterocycles. The first-order valence-electron chi connectivity index (χ1n) is 12.6. The molecule has 43 heavy (non-hydrogen) atoms. The summed E-state index contributed by atoms with van der Waals surface area (Å²) >= 11 is 0. The van der Waals surface area contributed by atoms with Crippen LogP contribution in [0, 0.1) is 28.5 Å². The number of nitriles is 2. The minimum absolute atomic E-state index is 0.0292. The van der Waals surface area contributed by atoms with Crippen molar-refractivity contribution >= 4 is 16.8 Å². The van der Waals surface area contributed by atoms with E-state index in [0.717, 1.165) is 18.2 Å². The van der Waals surface area contributed by atoms with Crippen LogP contribution < -0.4 is 14.8 Å². The zero-order chi connectivity index (χ0) is 31.2. The highest BCUT2D eigenvalue weighted by molar-refractivity contribution is 6.00. The number of hydrogen-bond acceptors (Lipinski definition) is 8. The summed E-state index contributed by atoms with van der Waals surface area (Å²) in [7, 11) is 1.32. The van der Waals surface area contributed by atoms with Gasteiger partial charge in [-0.15, -0.1) is 0 Å². The van der Waals surface area contributed by atoms with Crippen LogP contribution in [0.5, 0.6) is 11.5 Å². The van der Waals surface area contributed by atoms with E-state index in [1.165, 1.54) is 50.6 Å². The Morgan fingerprint density at radius 3 is 2.53 bits per heavy atom. The summed E-state index contributed by atoms with van der Waals surface area (Å²) < 4.78 is 68.4. The maximum atomic E-state index is 14.6. The van der Waals surface area contributed by atoms with E-state index in [9.17, 15) is 38.0 Å². The Balaban J connectivity index is 1.58. The Labute approximate surface area is 241 Å². The van der Waals surface area contributed by atoms with Gasteiger partial charge < -0.3 is 19.9 Å². The van der Waals surface area contributed by atoms with Gasteiger partial charge in [0, 0.05) is 28.3 Å². The highest BCUT2D eigenvalue weighted by Crippen LogP contribution is 2.47. The van der Waals surface area contributed by atoms with Gasteiger partial charge in [0.25, 0.3) is 5.91 Å². The van der Waals surface area contributed by atoms with Gasteiger partial charge in [-0.25, -0.2) is 9.37 Å². The molecule has 0 fully saturated rings. The topological polar surface area (TPSA) is 141 Å². The number of amides is 1. The number of benzene rings is 2. The molecule has 9 nitrogen and oxygen atoms in total. The number of methoxy groups -OCH3 is 1. The van der Waals surface area contributed by atoms with Gasteiger partial charge in [-0.1, -0.05) is 0 Å². The molecule has 2 atom stereocenters. The SMILES string of the molecule is COc1cc(C(=O)NCC(O)(c2cc3c(c(-c4ccc(F)cc4)n2)OCC3(C)C#N)C(F)(F)F)cc2cc(C#N)cnc12. The molecule has 0 bridgehead atoms. The Morgan fingerprint density at radius 1 is 1.19 bits per heavy atom. The normalized spacial score (nSPS) is 17.2. The van der Waals surface area contributed by atoms with E-state index >= 15 is 0 Å². The number of alkyl halides is 3. The minimum Gasteiger partial charge on any atom is -0.494 e. The highest BCUT2D eigenvalue weighted by atomic mass is 19.4. The number of fused-ring (bicyclic) bond motifs is 2. The molecule has 0 aliphatic carbocycles. The number of halogens is 4. The van der Waals surface area contributed by atoms with E-state index in [1.54, 1.807) is 0 Å². The van der Waals surface area contributed by atoms with Crippen molar-refractivity contribution in [3.63, 3.8) is 0 Å². The molecule has 1 amide bonds. The van der Waals surface area contributed by atoms with Crippen LogP contribution in [0.15, 0.2) is 54.7 Å². The third kappa shape index (κ3) is 5.04. The lowest BCUT2D eigenvalue weighted by molar-refractivity contribution is -0.265. The van der Waals surface area contributed by atoms with E-state index in [0.29, 0.717) is 10.9 Å². The van der Waals surface area contributed by atoms with Gasteiger partial charge in [-0.2, -0.15) is 23.7 Å². The average Bonchev–Trinajstić information content (AvgIpc) is 3.34. The number of aliphatic hydroxyl groups is 1. The van der Waals surface area contributed by atoms with Gasteiger partial charge in [0.1, 0.15) is 40.9 Å². The summed E-state index contributed by atoms with van der Waals surface area (Å²) in [5, 5.41) is 32.6. The van der Waals surface area contributed by atoms with Crippen LogP contribution in [0.25, 0.3) is 22.2 Å². The van der Waals surface area contributed by atoms with Crippen molar-refractivity contribution in [2.24, 2.45) is 0 Å². The average molecular weight is 592 g/mol. The first kappa shape index (κ1) is 29.2. The highest BCUT2D eigenvalue weighted by Gasteiger charge is 2.57. The van der Waals surface area contributed by atoms with E-state index < -0.39 is 41.2 Å². The zero-order valence-corrected chi connectivity index (χ0v) is 22.6. The van der Waals surface area contributed by atoms with Gasteiger partial charge in [0.05, 0.1) is 31.0 Å². The van der Waals surface area contributed by atoms with Crippen LogP contribution >= 0.6 is 0 Å². The lowest BCUT2D eigenvalue weighted by Crippen LogP contribution is -2.51. The van der Waals surface area contributed by atoms with Crippen molar-refractivity contribution in [3.8, 4) is 34.9 Å². The van der Waals surface area contributed by atoms with Gasteiger partial charge in [0.15, 0.2) is 5.75 Å². The first-order valence-corrected chi connectivity index (χ1v) is 12.6. The second kappa shape index (κ2) is 10.5. The molecule has 4 aromatic rings. The van der Waals surface area contributed by atoms with Crippen LogP contribution in [0.4, 0.5) is 17.6 Å². The number of pyridine rings is 2. The number of nitrogens with zero attached hydrogens (tertiary/aromatic N) is 4. The molecule has 218 valence electrons. The van der Waals surface area contributed by atoms with E-state index in [2.05, 4.69) is 15.3 Å². The first-order chi connectivity index (χ1) is 20.3. The molecule has 5 rings (SSSR count). The summed E-state index contributed by atoms with van der Waals surface area (Å²) in [6.45, 7) is -0.0817. The molecule has 2 aromatic heterocycles.